The van der Waals surface area contributed by atoms with Gasteiger partial charge in [-0.3, -0.25) is 0 Å². The van der Waals surface area contributed by atoms with Crippen molar-refractivity contribution in [2.24, 2.45) is 5.16 Å². The van der Waals surface area contributed by atoms with E-state index in [1.54, 1.807) is 6.26 Å². The summed E-state index contributed by atoms with van der Waals surface area (Å²) in [5, 5.41) is 12.2. The lowest BCUT2D eigenvalue weighted by molar-refractivity contribution is 0.322. The molecule has 12 heavy (non-hydrogen) atoms. The van der Waals surface area contributed by atoms with E-state index < -0.39 is 0 Å². The molecule has 0 fully saturated rings. The largest absolute Gasteiger partial charge is 0.464 e. The van der Waals surface area contributed by atoms with Gasteiger partial charge in [-0.2, -0.15) is 0 Å². The van der Waals surface area contributed by atoms with E-state index in [0.717, 1.165) is 16.5 Å². The number of rotatable bonds is 1. The number of nitrogens with zero attached hydrogens (tertiary/aromatic N) is 1. The average molecular weight is 161 g/mol. The summed E-state index contributed by atoms with van der Waals surface area (Å²) >= 11 is 0. The molecule has 0 aliphatic carbocycles. The van der Waals surface area contributed by atoms with Gasteiger partial charge >= 0.3 is 0 Å². The molecule has 2 aromatic rings. The summed E-state index contributed by atoms with van der Waals surface area (Å²) in [7, 11) is 0. The summed E-state index contributed by atoms with van der Waals surface area (Å²) in [6.45, 7) is 0. The molecule has 0 aliphatic heterocycles. The van der Waals surface area contributed by atoms with E-state index in [2.05, 4.69) is 5.16 Å². The number of fused-ring (bicyclic) bond motifs is 1. The van der Waals surface area contributed by atoms with Gasteiger partial charge < -0.3 is 9.62 Å². The quantitative estimate of drug-likeness (QED) is 0.396. The molecule has 0 unspecified atom stereocenters. The van der Waals surface area contributed by atoms with Gasteiger partial charge in [-0.25, -0.2) is 0 Å². The highest BCUT2D eigenvalue weighted by molar-refractivity contribution is 5.87. The van der Waals surface area contributed by atoms with Gasteiger partial charge in [-0.1, -0.05) is 5.16 Å². The maximum atomic E-state index is 8.29. The van der Waals surface area contributed by atoms with Crippen LogP contribution in [0.15, 0.2) is 40.1 Å². The molecule has 0 radical (unpaired) electrons. The van der Waals surface area contributed by atoms with E-state index in [-0.39, 0.29) is 0 Å². The Bertz CT molecular complexity index is 417. The Kier molecular flexibility index (Phi) is 1.55. The molecule has 0 saturated carbocycles. The van der Waals surface area contributed by atoms with Crippen molar-refractivity contribution in [3.63, 3.8) is 0 Å². The van der Waals surface area contributed by atoms with Gasteiger partial charge in [-0.05, 0) is 29.8 Å². The molecule has 1 N–H and O–H groups in total. The molecule has 1 aromatic heterocycles. The Balaban J connectivity index is 2.60. The van der Waals surface area contributed by atoms with E-state index in [1.807, 2.05) is 24.3 Å². The molecular formula is C9H7NO2. The topological polar surface area (TPSA) is 45.7 Å². The molecule has 0 saturated heterocycles. The highest BCUT2D eigenvalue weighted by Crippen LogP contribution is 2.15. The summed E-state index contributed by atoms with van der Waals surface area (Å²) in [5.74, 6) is 0. The maximum absolute atomic E-state index is 8.29. The second kappa shape index (κ2) is 2.70. The molecule has 0 spiro atoms. The molecule has 3 nitrogen and oxygen atoms in total. The molecule has 0 aliphatic rings. The number of benzene rings is 1. The lowest BCUT2D eigenvalue weighted by atomic mass is 10.2. The van der Waals surface area contributed by atoms with Crippen molar-refractivity contribution in [3.05, 3.63) is 36.1 Å². The minimum Gasteiger partial charge on any atom is -0.464 e. The van der Waals surface area contributed by atoms with Gasteiger partial charge in [0.2, 0.25) is 0 Å². The number of furan rings is 1. The smallest absolute Gasteiger partial charge is 0.133 e. The van der Waals surface area contributed by atoms with Gasteiger partial charge in [0.25, 0.3) is 0 Å². The average Bonchev–Trinajstić information content (AvgIpc) is 2.51. The maximum Gasteiger partial charge on any atom is 0.133 e. The first-order valence-electron chi connectivity index (χ1n) is 3.55. The third kappa shape index (κ3) is 1.05. The normalized spacial score (nSPS) is 11.3. The fraction of sp³-hybridized carbons (Fsp3) is 0. The SMILES string of the molecule is ON=Cc1ccc2occc2c1. The van der Waals surface area contributed by atoms with Gasteiger partial charge in [0, 0.05) is 5.39 Å². The first-order valence-corrected chi connectivity index (χ1v) is 3.55. The van der Waals surface area contributed by atoms with Gasteiger partial charge in [0.05, 0.1) is 12.5 Å². The highest BCUT2D eigenvalue weighted by Gasteiger charge is 1.95. The fourth-order valence-corrected chi connectivity index (χ4v) is 1.13. The van der Waals surface area contributed by atoms with Gasteiger partial charge in [0.15, 0.2) is 0 Å². The molecule has 0 bridgehead atoms. The Labute approximate surface area is 68.9 Å². The zero-order valence-corrected chi connectivity index (χ0v) is 6.27. The Morgan fingerprint density at radius 3 is 3.08 bits per heavy atom. The summed E-state index contributed by atoms with van der Waals surface area (Å²) < 4.78 is 5.14. The lowest BCUT2D eigenvalue weighted by Gasteiger charge is -1.90. The van der Waals surface area contributed by atoms with Crippen LogP contribution >= 0.6 is 0 Å². The van der Waals surface area contributed by atoms with Crippen LogP contribution in [-0.2, 0) is 0 Å². The van der Waals surface area contributed by atoms with E-state index >= 15 is 0 Å². The van der Waals surface area contributed by atoms with Crippen molar-refractivity contribution in [2.75, 3.05) is 0 Å². The van der Waals surface area contributed by atoms with Crippen LogP contribution in [0.4, 0.5) is 0 Å². The number of oxime groups is 1. The number of hydrogen-bond donors (Lipinski definition) is 1. The summed E-state index contributed by atoms with van der Waals surface area (Å²) in [5.41, 5.74) is 1.69. The van der Waals surface area contributed by atoms with Crippen LogP contribution in [0.1, 0.15) is 5.56 Å². The van der Waals surface area contributed by atoms with Crippen molar-refractivity contribution >= 4 is 17.2 Å². The Hall–Kier alpha value is -1.77. The second-order valence-corrected chi connectivity index (χ2v) is 2.46. The van der Waals surface area contributed by atoms with Crippen LogP contribution in [0.5, 0.6) is 0 Å². The molecule has 2 rings (SSSR count). The van der Waals surface area contributed by atoms with Crippen molar-refractivity contribution < 1.29 is 9.62 Å². The minimum atomic E-state index is 0.838. The van der Waals surface area contributed by atoms with Crippen LogP contribution in [0.3, 0.4) is 0 Å². The van der Waals surface area contributed by atoms with Crippen LogP contribution in [0.25, 0.3) is 11.0 Å². The molecule has 1 aromatic carbocycles. The molecule has 3 heteroatoms. The lowest BCUT2D eigenvalue weighted by Crippen LogP contribution is -1.78. The van der Waals surface area contributed by atoms with Crippen LogP contribution in [0, 0.1) is 0 Å². The minimum absolute atomic E-state index is 0.838. The molecule has 0 amide bonds. The van der Waals surface area contributed by atoms with Gasteiger partial charge in [0.1, 0.15) is 5.58 Å². The van der Waals surface area contributed by atoms with Crippen molar-refractivity contribution in [1.82, 2.24) is 0 Å². The first kappa shape index (κ1) is 6.91. The zero-order valence-electron chi connectivity index (χ0n) is 6.27. The predicted octanol–water partition coefficient (Wildman–Crippen LogP) is 2.24. The van der Waals surface area contributed by atoms with E-state index in [4.69, 9.17) is 9.62 Å². The summed E-state index contributed by atoms with van der Waals surface area (Å²) in [4.78, 5) is 0. The van der Waals surface area contributed by atoms with Crippen molar-refractivity contribution in [2.45, 2.75) is 0 Å². The second-order valence-electron chi connectivity index (χ2n) is 2.46. The summed E-state index contributed by atoms with van der Waals surface area (Å²) in [6.07, 6.45) is 3.01. The van der Waals surface area contributed by atoms with Crippen LogP contribution in [0.2, 0.25) is 0 Å². The number of hydrogen-bond acceptors (Lipinski definition) is 3. The predicted molar refractivity (Wildman–Crippen MR) is 45.6 cm³/mol. The first-order chi connectivity index (χ1) is 5.90. The molecule has 60 valence electrons. The summed E-state index contributed by atoms with van der Waals surface area (Å²) in [6, 6.07) is 7.42. The van der Waals surface area contributed by atoms with Gasteiger partial charge in [-0.15, -0.1) is 0 Å². The van der Waals surface area contributed by atoms with Crippen LogP contribution < -0.4 is 0 Å². The van der Waals surface area contributed by atoms with E-state index in [1.165, 1.54) is 6.21 Å². The highest BCUT2D eigenvalue weighted by atomic mass is 16.4. The fourth-order valence-electron chi connectivity index (χ4n) is 1.13. The van der Waals surface area contributed by atoms with E-state index in [0.29, 0.717) is 0 Å². The zero-order chi connectivity index (χ0) is 8.39. The molecular weight excluding hydrogens is 154 g/mol. The third-order valence-electron chi connectivity index (χ3n) is 1.68. The standard InChI is InChI=1S/C9H7NO2/c11-10-6-7-1-2-9-8(5-7)3-4-12-9/h1-6,11H. The third-order valence-corrected chi connectivity index (χ3v) is 1.68. The monoisotopic (exact) mass is 161 g/mol. The van der Waals surface area contributed by atoms with Crippen LogP contribution in [-0.4, -0.2) is 11.4 Å². The van der Waals surface area contributed by atoms with Crippen molar-refractivity contribution in [1.29, 1.82) is 0 Å². The Morgan fingerprint density at radius 1 is 1.33 bits per heavy atom. The molecule has 0 atom stereocenters. The Morgan fingerprint density at radius 2 is 2.25 bits per heavy atom. The van der Waals surface area contributed by atoms with Crippen molar-refractivity contribution in [3.8, 4) is 0 Å². The van der Waals surface area contributed by atoms with E-state index in [9.17, 15) is 0 Å². The molecule has 1 heterocycles.